The molecule has 0 aliphatic rings. The second kappa shape index (κ2) is 6.41. The molecule has 2 aromatic rings. The number of ether oxygens (including phenoxy) is 1. The smallest absolute Gasteiger partial charge is 0.339 e. The lowest BCUT2D eigenvalue weighted by Crippen LogP contribution is -2.05. The van der Waals surface area contributed by atoms with Crippen molar-refractivity contribution in [1.29, 1.82) is 0 Å². The van der Waals surface area contributed by atoms with E-state index < -0.39 is 5.97 Å². The molecule has 0 amide bonds. The van der Waals surface area contributed by atoms with Crippen LogP contribution in [0.3, 0.4) is 0 Å². The Labute approximate surface area is 127 Å². The van der Waals surface area contributed by atoms with Crippen LogP contribution in [0, 0.1) is 6.92 Å². The van der Waals surface area contributed by atoms with Crippen molar-refractivity contribution < 1.29 is 9.53 Å². The number of rotatable bonds is 4. The van der Waals surface area contributed by atoms with E-state index in [-0.39, 0.29) is 0 Å². The maximum absolute atomic E-state index is 11.6. The van der Waals surface area contributed by atoms with Gasteiger partial charge in [-0.05, 0) is 31.5 Å². The number of nitrogens with two attached hydrogens (primary N) is 1. The van der Waals surface area contributed by atoms with Crippen molar-refractivity contribution in [3.63, 3.8) is 0 Å². The second-order valence-electron chi connectivity index (χ2n) is 4.29. The van der Waals surface area contributed by atoms with Gasteiger partial charge in [0.05, 0.1) is 35.3 Å². The van der Waals surface area contributed by atoms with Crippen LogP contribution < -0.4 is 5.73 Å². The van der Waals surface area contributed by atoms with Crippen LogP contribution in [0.5, 0.6) is 0 Å². The zero-order valence-corrected chi connectivity index (χ0v) is 12.5. The Bertz CT molecular complexity index is 694. The minimum absolute atomic E-state index is 0.303. The number of nitrogen functional groups attached to an aromatic ring is 1. The highest BCUT2D eigenvalue weighted by Crippen LogP contribution is 2.18. The molecule has 21 heavy (non-hydrogen) atoms. The number of carbonyl (C=O) groups excluding carboxylic acids is 1. The first kappa shape index (κ1) is 15.1. The Hall–Kier alpha value is -2.34. The monoisotopic (exact) mass is 306 g/mol. The van der Waals surface area contributed by atoms with Gasteiger partial charge in [0, 0.05) is 0 Å². The minimum atomic E-state index is -0.444. The van der Waals surface area contributed by atoms with Crippen LogP contribution in [-0.4, -0.2) is 28.5 Å². The topological polar surface area (TPSA) is 82.5 Å². The van der Waals surface area contributed by atoms with Crippen molar-refractivity contribution in [3.05, 3.63) is 46.2 Å². The summed E-state index contributed by atoms with van der Waals surface area (Å²) in [5.41, 5.74) is 7.52. The highest BCUT2D eigenvalue weighted by atomic mass is 35.5. The van der Waals surface area contributed by atoms with Crippen LogP contribution in [0.25, 0.3) is 0 Å². The van der Waals surface area contributed by atoms with Gasteiger partial charge in [0.1, 0.15) is 0 Å². The molecule has 0 unspecified atom stereocenters. The van der Waals surface area contributed by atoms with E-state index in [1.165, 1.54) is 4.68 Å². The quantitative estimate of drug-likeness (QED) is 0.695. The molecule has 0 fully saturated rings. The summed E-state index contributed by atoms with van der Waals surface area (Å²) < 4.78 is 6.37. The van der Waals surface area contributed by atoms with Crippen LogP contribution >= 0.6 is 11.6 Å². The van der Waals surface area contributed by atoms with E-state index in [4.69, 9.17) is 22.1 Å². The molecule has 0 radical (unpaired) electrons. The van der Waals surface area contributed by atoms with Gasteiger partial charge < -0.3 is 10.5 Å². The number of halogens is 1. The van der Waals surface area contributed by atoms with Crippen molar-refractivity contribution in [3.8, 4) is 0 Å². The molecule has 0 spiro atoms. The summed E-state index contributed by atoms with van der Waals surface area (Å²) in [4.78, 5) is 15.7. The van der Waals surface area contributed by atoms with E-state index in [1.54, 1.807) is 37.5 Å². The zero-order chi connectivity index (χ0) is 15.4. The first-order valence-electron chi connectivity index (χ1n) is 6.33. The molecule has 0 saturated carbocycles. The third-order valence-corrected chi connectivity index (χ3v) is 2.97. The molecule has 1 aromatic carbocycles. The number of hydrogen-bond acceptors (Lipinski definition) is 5. The molecule has 6 nitrogen and oxygen atoms in total. The average Bonchev–Trinajstić information content (AvgIpc) is 2.75. The maximum Gasteiger partial charge on any atom is 0.339 e. The number of benzene rings is 1. The summed E-state index contributed by atoms with van der Waals surface area (Å²) in [6, 6.07) is 4.96. The maximum atomic E-state index is 11.6. The molecular weight excluding hydrogens is 292 g/mol. The summed E-state index contributed by atoms with van der Waals surface area (Å²) in [5.74, 6) is -0.140. The van der Waals surface area contributed by atoms with E-state index in [9.17, 15) is 4.79 Å². The van der Waals surface area contributed by atoms with Crippen LogP contribution in [0.1, 0.15) is 28.5 Å². The van der Waals surface area contributed by atoms with Gasteiger partial charge in [-0.2, -0.15) is 5.10 Å². The normalized spacial score (nSPS) is 11.0. The molecule has 0 aliphatic heterocycles. The van der Waals surface area contributed by atoms with Gasteiger partial charge in [-0.3, -0.25) is 0 Å². The summed E-state index contributed by atoms with van der Waals surface area (Å²) in [7, 11) is 0. The van der Waals surface area contributed by atoms with Crippen molar-refractivity contribution in [2.45, 2.75) is 13.8 Å². The average molecular weight is 307 g/mol. The van der Waals surface area contributed by atoms with E-state index in [0.29, 0.717) is 23.1 Å². The standard InChI is InChI=1S/C14H15ClN4O2/c1-3-21-13(20)11-5-4-10(6-12(11)15)7-17-19-8-9(2)18-14(19)16/h4-8H,3H2,1-2H3,(H2,16,18). The Kier molecular flexibility index (Phi) is 4.59. The summed E-state index contributed by atoms with van der Waals surface area (Å²) in [6.07, 6.45) is 3.29. The number of anilines is 1. The van der Waals surface area contributed by atoms with Crippen molar-refractivity contribution >= 4 is 29.7 Å². The van der Waals surface area contributed by atoms with Crippen molar-refractivity contribution in [1.82, 2.24) is 9.66 Å². The number of imidazole rings is 1. The zero-order valence-electron chi connectivity index (χ0n) is 11.7. The first-order valence-corrected chi connectivity index (χ1v) is 6.71. The SMILES string of the molecule is CCOC(=O)c1ccc(C=Nn2cc(C)nc2N)cc1Cl. The molecule has 0 aliphatic carbocycles. The molecule has 0 bridgehead atoms. The molecule has 2 N–H and O–H groups in total. The molecule has 7 heteroatoms. The second-order valence-corrected chi connectivity index (χ2v) is 4.70. The lowest BCUT2D eigenvalue weighted by Gasteiger charge is -2.04. The van der Waals surface area contributed by atoms with Crippen molar-refractivity contribution in [2.75, 3.05) is 12.3 Å². The Morgan fingerprint density at radius 2 is 2.33 bits per heavy atom. The fourth-order valence-corrected chi connectivity index (χ4v) is 1.98. The van der Waals surface area contributed by atoms with Gasteiger partial charge in [0.15, 0.2) is 0 Å². The van der Waals surface area contributed by atoms with Gasteiger partial charge in [0.2, 0.25) is 5.95 Å². The van der Waals surface area contributed by atoms with E-state index in [0.717, 1.165) is 11.3 Å². The molecule has 0 saturated heterocycles. The van der Waals surface area contributed by atoms with E-state index in [1.807, 2.05) is 6.92 Å². The van der Waals surface area contributed by atoms with Crippen molar-refractivity contribution in [2.24, 2.45) is 5.10 Å². The molecule has 1 aromatic heterocycles. The summed E-state index contributed by atoms with van der Waals surface area (Å²) >= 11 is 6.07. The first-order chi connectivity index (χ1) is 10.0. The van der Waals surface area contributed by atoms with Gasteiger partial charge in [-0.15, -0.1) is 0 Å². The molecule has 1 heterocycles. The predicted molar refractivity (Wildman–Crippen MR) is 81.8 cm³/mol. The third kappa shape index (κ3) is 3.61. The predicted octanol–water partition coefficient (Wildman–Crippen LogP) is 2.49. The van der Waals surface area contributed by atoms with E-state index >= 15 is 0 Å². The largest absolute Gasteiger partial charge is 0.462 e. The Balaban J connectivity index is 2.20. The van der Waals surface area contributed by atoms with Crippen LogP contribution in [0.2, 0.25) is 5.02 Å². The van der Waals surface area contributed by atoms with Gasteiger partial charge >= 0.3 is 5.97 Å². The number of nitrogens with zero attached hydrogens (tertiary/aromatic N) is 3. The lowest BCUT2D eigenvalue weighted by molar-refractivity contribution is 0.0526. The number of esters is 1. The fraction of sp³-hybridized carbons (Fsp3) is 0.214. The number of hydrogen-bond donors (Lipinski definition) is 1. The lowest BCUT2D eigenvalue weighted by atomic mass is 10.1. The van der Waals surface area contributed by atoms with Crippen LogP contribution in [-0.2, 0) is 4.74 Å². The molecular formula is C14H15ClN4O2. The third-order valence-electron chi connectivity index (χ3n) is 2.65. The minimum Gasteiger partial charge on any atom is -0.462 e. The Morgan fingerprint density at radius 3 is 2.90 bits per heavy atom. The summed E-state index contributed by atoms with van der Waals surface area (Å²) in [5, 5.41) is 4.49. The van der Waals surface area contributed by atoms with Gasteiger partial charge in [0.25, 0.3) is 0 Å². The highest BCUT2D eigenvalue weighted by molar-refractivity contribution is 6.33. The fourth-order valence-electron chi connectivity index (χ4n) is 1.71. The van der Waals surface area contributed by atoms with Gasteiger partial charge in [-0.1, -0.05) is 17.7 Å². The van der Waals surface area contributed by atoms with Gasteiger partial charge in [-0.25, -0.2) is 14.5 Å². The molecule has 110 valence electrons. The van der Waals surface area contributed by atoms with Crippen LogP contribution in [0.15, 0.2) is 29.5 Å². The number of aromatic nitrogens is 2. The van der Waals surface area contributed by atoms with Crippen LogP contribution in [0.4, 0.5) is 5.95 Å². The molecule has 2 rings (SSSR count). The molecule has 0 atom stereocenters. The Morgan fingerprint density at radius 1 is 1.57 bits per heavy atom. The number of aryl methyl sites for hydroxylation is 1. The highest BCUT2D eigenvalue weighted by Gasteiger charge is 2.11. The summed E-state index contributed by atoms with van der Waals surface area (Å²) in [6.45, 7) is 3.87. The number of carbonyl (C=O) groups is 1. The van der Waals surface area contributed by atoms with E-state index in [2.05, 4.69) is 10.1 Å².